The molecule has 1 atom stereocenters. The van der Waals surface area contributed by atoms with Crippen molar-refractivity contribution in [3.8, 4) is 0 Å². The van der Waals surface area contributed by atoms with Gasteiger partial charge in [-0.3, -0.25) is 9.69 Å². The fourth-order valence-corrected chi connectivity index (χ4v) is 3.78. The van der Waals surface area contributed by atoms with Crippen molar-refractivity contribution in [2.24, 2.45) is 0 Å². The van der Waals surface area contributed by atoms with Gasteiger partial charge in [0.05, 0.1) is 17.1 Å². The highest BCUT2D eigenvalue weighted by atomic mass is 32.1. The van der Waals surface area contributed by atoms with E-state index in [1.807, 2.05) is 10.3 Å². The van der Waals surface area contributed by atoms with Gasteiger partial charge in [0, 0.05) is 30.4 Å². The first-order valence-corrected chi connectivity index (χ1v) is 8.89. The Morgan fingerprint density at radius 3 is 2.76 bits per heavy atom. The molecule has 5 heteroatoms. The first-order chi connectivity index (χ1) is 10.0. The number of rotatable bonds is 6. The van der Waals surface area contributed by atoms with Crippen molar-refractivity contribution in [1.29, 1.82) is 0 Å². The molecule has 1 aliphatic heterocycles. The molecule has 0 aromatic carbocycles. The van der Waals surface area contributed by atoms with Gasteiger partial charge in [-0.15, -0.1) is 11.3 Å². The van der Waals surface area contributed by atoms with Gasteiger partial charge in [0.2, 0.25) is 5.91 Å². The Morgan fingerprint density at radius 1 is 1.48 bits per heavy atom. The van der Waals surface area contributed by atoms with Crippen LogP contribution in [0.3, 0.4) is 0 Å². The quantitative estimate of drug-likeness (QED) is 0.811. The van der Waals surface area contributed by atoms with Crippen molar-refractivity contribution in [3.05, 3.63) is 16.1 Å². The second-order valence-corrected chi connectivity index (χ2v) is 6.90. The van der Waals surface area contributed by atoms with Crippen molar-refractivity contribution in [3.63, 3.8) is 0 Å². The highest BCUT2D eigenvalue weighted by molar-refractivity contribution is 7.09. The van der Waals surface area contributed by atoms with Crippen LogP contribution in [-0.2, 0) is 11.2 Å². The monoisotopic (exact) mass is 309 g/mol. The summed E-state index contributed by atoms with van der Waals surface area (Å²) in [7, 11) is 0. The molecule has 0 spiro atoms. The molecular weight excluding hydrogens is 282 g/mol. The molecule has 0 radical (unpaired) electrons. The number of hydrogen-bond donors (Lipinski definition) is 0. The molecule has 1 saturated heterocycles. The van der Waals surface area contributed by atoms with Crippen LogP contribution in [0.2, 0.25) is 0 Å². The fraction of sp³-hybridized carbons (Fsp3) is 0.750. The number of carbonyl (C=O) groups excluding carboxylic acids is 1. The summed E-state index contributed by atoms with van der Waals surface area (Å²) < 4.78 is 0. The van der Waals surface area contributed by atoms with Gasteiger partial charge in [-0.05, 0) is 19.5 Å². The maximum Gasteiger partial charge on any atom is 0.228 e. The van der Waals surface area contributed by atoms with E-state index in [2.05, 4.69) is 37.6 Å². The Bertz CT molecular complexity index is 468. The third-order valence-electron chi connectivity index (χ3n) is 4.24. The van der Waals surface area contributed by atoms with Gasteiger partial charge >= 0.3 is 0 Å². The summed E-state index contributed by atoms with van der Waals surface area (Å²) in [5, 5.41) is 3.16. The second kappa shape index (κ2) is 7.36. The summed E-state index contributed by atoms with van der Waals surface area (Å²) in [6, 6.07) is 0.533. The minimum atomic E-state index is 0.227. The van der Waals surface area contributed by atoms with E-state index in [1.165, 1.54) is 0 Å². The van der Waals surface area contributed by atoms with Crippen LogP contribution in [0.25, 0.3) is 0 Å². The van der Waals surface area contributed by atoms with E-state index in [4.69, 9.17) is 0 Å². The van der Waals surface area contributed by atoms with E-state index >= 15 is 0 Å². The number of thiazole rings is 1. The molecule has 0 bridgehead atoms. The highest BCUT2D eigenvalue weighted by Crippen LogP contribution is 2.21. The molecule has 2 heterocycles. The van der Waals surface area contributed by atoms with Gasteiger partial charge in [-0.25, -0.2) is 4.98 Å². The summed E-state index contributed by atoms with van der Waals surface area (Å²) in [6.45, 7) is 12.6. The topological polar surface area (TPSA) is 36.4 Å². The molecule has 1 aromatic rings. The zero-order valence-corrected chi connectivity index (χ0v) is 14.4. The lowest BCUT2D eigenvalue weighted by atomic mass is 10.2. The van der Waals surface area contributed by atoms with Crippen LogP contribution in [0.4, 0.5) is 0 Å². The normalized spacial score (nSPS) is 19.0. The van der Waals surface area contributed by atoms with E-state index in [9.17, 15) is 4.79 Å². The molecule has 1 amide bonds. The average Bonchev–Trinajstić information content (AvgIpc) is 3.09. The van der Waals surface area contributed by atoms with Gasteiger partial charge in [0.25, 0.3) is 0 Å². The molecule has 1 aromatic heterocycles. The predicted molar refractivity (Wildman–Crippen MR) is 87.8 cm³/mol. The van der Waals surface area contributed by atoms with Crippen LogP contribution in [0.5, 0.6) is 0 Å². The molecule has 21 heavy (non-hydrogen) atoms. The Balaban J connectivity index is 1.89. The average molecular weight is 309 g/mol. The second-order valence-electron chi connectivity index (χ2n) is 6.01. The molecule has 1 fully saturated rings. The zero-order valence-electron chi connectivity index (χ0n) is 13.6. The SMILES string of the molecule is CCN(CC)C1CCN(C(=O)Cc2csc(C(C)C)n2)C1. The standard InChI is InChI=1S/C16H27N3OS/c1-5-18(6-2)14-7-8-19(10-14)15(20)9-13-11-21-16(17-13)12(3)4/h11-12,14H,5-10H2,1-4H3. The molecule has 1 unspecified atom stereocenters. The molecule has 0 N–H and O–H groups in total. The predicted octanol–water partition coefficient (Wildman–Crippen LogP) is 2.75. The van der Waals surface area contributed by atoms with Crippen LogP contribution in [0, 0.1) is 0 Å². The van der Waals surface area contributed by atoms with E-state index < -0.39 is 0 Å². The van der Waals surface area contributed by atoms with Gasteiger partial charge in [0.15, 0.2) is 0 Å². The van der Waals surface area contributed by atoms with Crippen molar-refractivity contribution >= 4 is 17.2 Å². The number of aromatic nitrogens is 1. The Hall–Kier alpha value is -0.940. The number of amides is 1. The fourth-order valence-electron chi connectivity index (χ4n) is 2.94. The molecule has 2 rings (SSSR count). The summed E-state index contributed by atoms with van der Waals surface area (Å²) in [4.78, 5) is 21.4. The van der Waals surface area contributed by atoms with Gasteiger partial charge < -0.3 is 4.90 Å². The molecule has 0 aliphatic carbocycles. The zero-order chi connectivity index (χ0) is 15.4. The van der Waals surface area contributed by atoms with E-state index in [-0.39, 0.29) is 5.91 Å². The summed E-state index contributed by atoms with van der Waals surface area (Å²) in [5.74, 6) is 0.669. The summed E-state index contributed by atoms with van der Waals surface area (Å²) >= 11 is 1.66. The van der Waals surface area contributed by atoms with Gasteiger partial charge in [0.1, 0.15) is 0 Å². The molecule has 4 nitrogen and oxygen atoms in total. The Labute approximate surface area is 132 Å². The smallest absolute Gasteiger partial charge is 0.228 e. The third-order valence-corrected chi connectivity index (χ3v) is 5.43. The maximum absolute atomic E-state index is 12.4. The van der Waals surface area contributed by atoms with E-state index in [0.717, 1.165) is 43.3 Å². The lowest BCUT2D eigenvalue weighted by Gasteiger charge is -2.26. The Morgan fingerprint density at radius 2 is 2.19 bits per heavy atom. The third kappa shape index (κ3) is 4.04. The van der Waals surface area contributed by atoms with Crippen LogP contribution < -0.4 is 0 Å². The summed E-state index contributed by atoms with van der Waals surface area (Å²) in [6.07, 6.45) is 1.55. The van der Waals surface area contributed by atoms with Crippen molar-refractivity contribution in [2.75, 3.05) is 26.2 Å². The highest BCUT2D eigenvalue weighted by Gasteiger charge is 2.29. The lowest BCUT2D eigenvalue weighted by molar-refractivity contribution is -0.129. The minimum Gasteiger partial charge on any atom is -0.341 e. The Kier molecular flexibility index (Phi) is 5.76. The van der Waals surface area contributed by atoms with Crippen molar-refractivity contribution < 1.29 is 4.79 Å². The molecular formula is C16H27N3OS. The number of carbonyl (C=O) groups is 1. The number of hydrogen-bond acceptors (Lipinski definition) is 4. The number of likely N-dealkylation sites (tertiary alicyclic amines) is 1. The minimum absolute atomic E-state index is 0.227. The lowest BCUT2D eigenvalue weighted by Crippen LogP contribution is -2.39. The van der Waals surface area contributed by atoms with E-state index in [1.54, 1.807) is 11.3 Å². The first kappa shape index (κ1) is 16.4. The van der Waals surface area contributed by atoms with Crippen LogP contribution >= 0.6 is 11.3 Å². The van der Waals surface area contributed by atoms with Crippen molar-refractivity contribution in [2.45, 2.75) is 52.5 Å². The number of nitrogens with zero attached hydrogens (tertiary/aromatic N) is 3. The molecule has 1 aliphatic rings. The van der Waals surface area contributed by atoms with Crippen LogP contribution in [0.15, 0.2) is 5.38 Å². The van der Waals surface area contributed by atoms with Crippen molar-refractivity contribution in [1.82, 2.24) is 14.8 Å². The molecule has 118 valence electrons. The van der Waals surface area contributed by atoms with Crippen LogP contribution in [0.1, 0.15) is 50.7 Å². The van der Waals surface area contributed by atoms with Crippen LogP contribution in [-0.4, -0.2) is 52.9 Å². The maximum atomic E-state index is 12.4. The molecule has 0 saturated carbocycles. The van der Waals surface area contributed by atoms with Gasteiger partial charge in [-0.1, -0.05) is 27.7 Å². The van der Waals surface area contributed by atoms with Gasteiger partial charge in [-0.2, -0.15) is 0 Å². The summed E-state index contributed by atoms with van der Waals surface area (Å²) in [5.41, 5.74) is 0.931. The largest absolute Gasteiger partial charge is 0.341 e. The first-order valence-electron chi connectivity index (χ1n) is 8.01. The van der Waals surface area contributed by atoms with E-state index in [0.29, 0.717) is 18.4 Å². The number of likely N-dealkylation sites (N-methyl/N-ethyl adjacent to an activating group) is 1.